The van der Waals surface area contributed by atoms with Crippen molar-refractivity contribution in [2.24, 2.45) is 0 Å². The standard InChI is InChI=1S/C19H19FN6O2/c20-15-3-1-2-14(8-15)9-19(27)25-7-4-17(12-25)26-11-16(23-24-26)13-28-18-10-21-5-6-22-18/h1-3,5-6,8,10-11,17H,4,7,9,12-13H2. The first-order chi connectivity index (χ1) is 13.7. The Balaban J connectivity index is 1.31. The number of benzene rings is 1. The van der Waals surface area contributed by atoms with Gasteiger partial charge in [-0.3, -0.25) is 9.78 Å². The fourth-order valence-corrected chi connectivity index (χ4v) is 3.18. The summed E-state index contributed by atoms with van der Waals surface area (Å²) < 4.78 is 20.6. The molecule has 0 N–H and O–H groups in total. The lowest BCUT2D eigenvalue weighted by atomic mass is 10.1. The number of hydrogen-bond donors (Lipinski definition) is 0. The number of amides is 1. The summed E-state index contributed by atoms with van der Waals surface area (Å²) in [6, 6.07) is 6.21. The van der Waals surface area contributed by atoms with Gasteiger partial charge >= 0.3 is 0 Å². The third kappa shape index (κ3) is 4.30. The summed E-state index contributed by atoms with van der Waals surface area (Å²) in [5.74, 6) is 0.0786. The zero-order valence-corrected chi connectivity index (χ0v) is 15.1. The highest BCUT2D eigenvalue weighted by Crippen LogP contribution is 2.22. The molecule has 0 aliphatic carbocycles. The predicted octanol–water partition coefficient (Wildman–Crippen LogP) is 1.80. The Hall–Kier alpha value is -3.36. The van der Waals surface area contributed by atoms with Gasteiger partial charge in [-0.2, -0.15) is 0 Å². The van der Waals surface area contributed by atoms with E-state index in [1.54, 1.807) is 34.1 Å². The van der Waals surface area contributed by atoms with Gasteiger partial charge < -0.3 is 9.64 Å². The third-order valence-electron chi connectivity index (χ3n) is 4.60. The largest absolute Gasteiger partial charge is 0.470 e. The molecule has 1 atom stereocenters. The second-order valence-electron chi connectivity index (χ2n) is 6.61. The molecular weight excluding hydrogens is 363 g/mol. The quantitative estimate of drug-likeness (QED) is 0.646. The number of nitrogens with zero attached hydrogens (tertiary/aromatic N) is 6. The summed E-state index contributed by atoms with van der Waals surface area (Å²) in [6.07, 6.45) is 7.47. The second-order valence-corrected chi connectivity index (χ2v) is 6.61. The molecule has 0 spiro atoms. The lowest BCUT2D eigenvalue weighted by Crippen LogP contribution is -2.30. The van der Waals surface area contributed by atoms with E-state index < -0.39 is 0 Å². The third-order valence-corrected chi connectivity index (χ3v) is 4.60. The number of aromatic nitrogens is 5. The van der Waals surface area contributed by atoms with Crippen molar-refractivity contribution in [2.75, 3.05) is 13.1 Å². The fourth-order valence-electron chi connectivity index (χ4n) is 3.18. The zero-order chi connectivity index (χ0) is 19.3. The molecule has 28 heavy (non-hydrogen) atoms. The predicted molar refractivity (Wildman–Crippen MR) is 96.7 cm³/mol. The Morgan fingerprint density at radius 2 is 2.25 bits per heavy atom. The summed E-state index contributed by atoms with van der Waals surface area (Å²) in [5.41, 5.74) is 1.35. The smallest absolute Gasteiger partial charge is 0.232 e. The Morgan fingerprint density at radius 3 is 3.07 bits per heavy atom. The van der Waals surface area contributed by atoms with Gasteiger partial charge in [-0.1, -0.05) is 17.3 Å². The topological polar surface area (TPSA) is 86.0 Å². The van der Waals surface area contributed by atoms with Crippen LogP contribution in [0.2, 0.25) is 0 Å². The minimum absolute atomic E-state index is 0.0144. The molecule has 0 radical (unpaired) electrons. The number of ether oxygens (including phenoxy) is 1. The molecule has 1 saturated heterocycles. The molecule has 1 unspecified atom stereocenters. The maximum atomic E-state index is 13.3. The van der Waals surface area contributed by atoms with Crippen LogP contribution < -0.4 is 4.74 Å². The molecular formula is C19H19FN6O2. The van der Waals surface area contributed by atoms with Crippen molar-refractivity contribution in [1.82, 2.24) is 29.9 Å². The van der Waals surface area contributed by atoms with Gasteiger partial charge in [0.15, 0.2) is 0 Å². The van der Waals surface area contributed by atoms with Crippen molar-refractivity contribution in [1.29, 1.82) is 0 Å². The van der Waals surface area contributed by atoms with E-state index in [1.807, 2.05) is 6.20 Å². The van der Waals surface area contributed by atoms with Gasteiger partial charge in [0, 0.05) is 25.5 Å². The van der Waals surface area contributed by atoms with Crippen molar-refractivity contribution in [3.63, 3.8) is 0 Å². The van der Waals surface area contributed by atoms with Gasteiger partial charge in [0.2, 0.25) is 11.8 Å². The highest BCUT2D eigenvalue weighted by molar-refractivity contribution is 5.79. The zero-order valence-electron chi connectivity index (χ0n) is 15.1. The monoisotopic (exact) mass is 382 g/mol. The number of rotatable bonds is 6. The van der Waals surface area contributed by atoms with Gasteiger partial charge in [0.25, 0.3) is 0 Å². The number of carbonyl (C=O) groups is 1. The minimum atomic E-state index is -0.330. The van der Waals surface area contributed by atoms with Gasteiger partial charge in [0.05, 0.1) is 24.9 Å². The van der Waals surface area contributed by atoms with E-state index in [1.165, 1.54) is 18.3 Å². The van der Waals surface area contributed by atoms with Crippen LogP contribution in [-0.4, -0.2) is 48.9 Å². The van der Waals surface area contributed by atoms with Gasteiger partial charge in [-0.25, -0.2) is 14.1 Å². The van der Waals surface area contributed by atoms with Crippen LogP contribution in [0.5, 0.6) is 5.88 Å². The van der Waals surface area contributed by atoms with Crippen LogP contribution in [0.4, 0.5) is 4.39 Å². The van der Waals surface area contributed by atoms with Crippen molar-refractivity contribution >= 4 is 5.91 Å². The maximum absolute atomic E-state index is 13.3. The summed E-state index contributed by atoms with van der Waals surface area (Å²) >= 11 is 0. The van der Waals surface area contributed by atoms with Gasteiger partial charge in [0.1, 0.15) is 18.1 Å². The molecule has 1 aliphatic rings. The van der Waals surface area contributed by atoms with Crippen molar-refractivity contribution < 1.29 is 13.9 Å². The molecule has 0 bridgehead atoms. The Bertz CT molecular complexity index is 948. The van der Waals surface area contributed by atoms with E-state index >= 15 is 0 Å². The Kier molecular flexibility index (Phi) is 5.22. The summed E-state index contributed by atoms with van der Waals surface area (Å²) in [4.78, 5) is 22.3. The maximum Gasteiger partial charge on any atom is 0.232 e. The molecule has 9 heteroatoms. The molecule has 1 fully saturated rings. The molecule has 1 aliphatic heterocycles. The van der Waals surface area contributed by atoms with Crippen LogP contribution in [-0.2, 0) is 17.8 Å². The number of carbonyl (C=O) groups excluding carboxylic acids is 1. The second kappa shape index (κ2) is 8.12. The highest BCUT2D eigenvalue weighted by Gasteiger charge is 2.28. The SMILES string of the molecule is O=C(Cc1cccc(F)c1)N1CCC(n2cc(COc3cnccn3)nn2)C1. The first-order valence-electron chi connectivity index (χ1n) is 8.99. The normalized spacial score (nSPS) is 16.3. The average molecular weight is 382 g/mol. The van der Waals surface area contributed by atoms with E-state index in [4.69, 9.17) is 4.74 Å². The minimum Gasteiger partial charge on any atom is -0.470 e. The molecule has 0 saturated carbocycles. The van der Waals surface area contributed by atoms with Crippen LogP contribution in [0.15, 0.2) is 49.1 Å². The number of halogens is 1. The van der Waals surface area contributed by atoms with Crippen LogP contribution in [0.25, 0.3) is 0 Å². The van der Waals surface area contributed by atoms with Gasteiger partial charge in [-0.15, -0.1) is 5.10 Å². The number of likely N-dealkylation sites (tertiary alicyclic amines) is 1. The molecule has 3 aromatic rings. The van der Waals surface area contributed by atoms with E-state index in [2.05, 4.69) is 20.3 Å². The van der Waals surface area contributed by atoms with E-state index in [-0.39, 0.29) is 30.8 Å². The fraction of sp³-hybridized carbons (Fsp3) is 0.316. The molecule has 1 amide bonds. The Labute approximate surface area is 161 Å². The molecule has 1 aromatic carbocycles. The van der Waals surface area contributed by atoms with Crippen molar-refractivity contribution in [2.45, 2.75) is 25.5 Å². The summed E-state index contributed by atoms with van der Waals surface area (Å²) in [7, 11) is 0. The van der Waals surface area contributed by atoms with E-state index in [0.29, 0.717) is 30.2 Å². The molecule has 8 nitrogen and oxygen atoms in total. The van der Waals surface area contributed by atoms with Crippen LogP contribution in [0.1, 0.15) is 23.7 Å². The van der Waals surface area contributed by atoms with Crippen LogP contribution >= 0.6 is 0 Å². The first kappa shape index (κ1) is 18.0. The van der Waals surface area contributed by atoms with E-state index in [0.717, 1.165) is 6.42 Å². The van der Waals surface area contributed by atoms with Crippen LogP contribution in [0.3, 0.4) is 0 Å². The summed E-state index contributed by atoms with van der Waals surface area (Å²) in [5, 5.41) is 8.28. The molecule has 4 rings (SSSR count). The molecule has 2 aromatic heterocycles. The van der Waals surface area contributed by atoms with Crippen LogP contribution in [0, 0.1) is 5.82 Å². The van der Waals surface area contributed by atoms with Crippen molar-refractivity contribution in [3.05, 3.63) is 66.1 Å². The molecule has 3 heterocycles. The van der Waals surface area contributed by atoms with Crippen molar-refractivity contribution in [3.8, 4) is 5.88 Å². The highest BCUT2D eigenvalue weighted by atomic mass is 19.1. The lowest BCUT2D eigenvalue weighted by molar-refractivity contribution is -0.129. The molecule has 144 valence electrons. The lowest BCUT2D eigenvalue weighted by Gasteiger charge is -2.16. The van der Waals surface area contributed by atoms with Gasteiger partial charge in [-0.05, 0) is 24.1 Å². The average Bonchev–Trinajstić information content (AvgIpc) is 3.37. The number of hydrogen-bond acceptors (Lipinski definition) is 6. The van der Waals surface area contributed by atoms with E-state index in [9.17, 15) is 9.18 Å². The first-order valence-corrected chi connectivity index (χ1v) is 8.99. The Morgan fingerprint density at radius 1 is 1.32 bits per heavy atom. The summed E-state index contributed by atoms with van der Waals surface area (Å²) in [6.45, 7) is 1.44.